The van der Waals surface area contributed by atoms with Crippen molar-refractivity contribution in [2.45, 2.75) is 37.2 Å². The number of hydrogen-bond acceptors (Lipinski definition) is 10. The minimum absolute atomic E-state index is 0.338. The van der Waals surface area contributed by atoms with E-state index >= 15 is 0 Å². The molecule has 0 amide bonds. The summed E-state index contributed by atoms with van der Waals surface area (Å²) >= 11 is 3.01. The third-order valence-electron chi connectivity index (χ3n) is 5.73. The first-order chi connectivity index (χ1) is 15.9. The van der Waals surface area contributed by atoms with Gasteiger partial charge in [0.2, 0.25) is 5.95 Å². The second-order valence-corrected chi connectivity index (χ2v) is 10.8. The second kappa shape index (κ2) is 8.42. The fourth-order valence-electron chi connectivity index (χ4n) is 3.77. The molecule has 1 aliphatic rings. The zero-order valence-corrected chi connectivity index (χ0v) is 19.8. The lowest BCUT2D eigenvalue weighted by molar-refractivity contribution is 0.0701. The topological polar surface area (TPSA) is 132 Å². The number of thiophene rings is 1. The van der Waals surface area contributed by atoms with E-state index < -0.39 is 10.5 Å². The maximum atomic E-state index is 10.4. The summed E-state index contributed by atoms with van der Waals surface area (Å²) in [7, 11) is 0. The van der Waals surface area contributed by atoms with Gasteiger partial charge in [-0.2, -0.15) is 15.5 Å². The van der Waals surface area contributed by atoms with Crippen LogP contribution in [0.25, 0.3) is 21.5 Å². The smallest absolute Gasteiger partial charge is 0.228 e. The lowest BCUT2D eigenvalue weighted by atomic mass is 9.89. The van der Waals surface area contributed by atoms with Crippen LogP contribution < -0.4 is 5.32 Å². The summed E-state index contributed by atoms with van der Waals surface area (Å²) < 4.78 is 4.96. The summed E-state index contributed by atoms with van der Waals surface area (Å²) in [6.45, 7) is 5.03. The van der Waals surface area contributed by atoms with Crippen molar-refractivity contribution in [3.8, 4) is 17.3 Å². The SMILES string of the molecule is CCC(C)(O)SN1CC(CC#N)(n2cc(-c3nc(Nc4cn[nH]c4)nc4ccsc34)cn2)C1. The summed E-state index contributed by atoms with van der Waals surface area (Å²) in [5.41, 5.74) is 2.85. The highest BCUT2D eigenvalue weighted by atomic mass is 32.2. The zero-order chi connectivity index (χ0) is 23.1. The fraction of sp³-hybridized carbons (Fsp3) is 0.381. The van der Waals surface area contributed by atoms with E-state index in [1.807, 2.05) is 36.2 Å². The third-order valence-corrected chi connectivity index (χ3v) is 7.84. The predicted octanol–water partition coefficient (Wildman–Crippen LogP) is 3.71. The van der Waals surface area contributed by atoms with Gasteiger partial charge in [-0.25, -0.2) is 14.3 Å². The monoisotopic (exact) mass is 481 g/mol. The first-order valence-corrected chi connectivity index (χ1v) is 12.2. The Labute approximate surface area is 198 Å². The Hall–Kier alpha value is -2.98. The van der Waals surface area contributed by atoms with E-state index in [0.717, 1.165) is 27.2 Å². The van der Waals surface area contributed by atoms with Gasteiger partial charge in [0.1, 0.15) is 10.5 Å². The number of nitrogens with zero attached hydrogens (tertiary/aromatic N) is 7. The molecular formula is C21H23N9OS2. The molecule has 4 aromatic rings. The number of aliphatic hydroxyl groups is 1. The number of fused-ring (bicyclic) bond motifs is 1. The average Bonchev–Trinajstić information content (AvgIpc) is 3.53. The van der Waals surface area contributed by atoms with E-state index in [1.165, 1.54) is 11.9 Å². The second-order valence-electron chi connectivity index (χ2n) is 8.29. The van der Waals surface area contributed by atoms with Crippen molar-refractivity contribution in [2.75, 3.05) is 18.4 Å². The molecule has 1 fully saturated rings. The number of hydrogen-bond donors (Lipinski definition) is 3. The minimum Gasteiger partial charge on any atom is -0.379 e. The number of aromatic amines is 1. The highest BCUT2D eigenvalue weighted by molar-refractivity contribution is 7.98. The van der Waals surface area contributed by atoms with Gasteiger partial charge in [-0.05, 0) is 36.7 Å². The molecular weight excluding hydrogens is 458 g/mol. The van der Waals surface area contributed by atoms with Gasteiger partial charge in [0, 0.05) is 31.0 Å². The highest BCUT2D eigenvalue weighted by Crippen LogP contribution is 2.42. The number of nitriles is 1. The molecule has 12 heteroatoms. The molecule has 1 atom stereocenters. The van der Waals surface area contributed by atoms with Crippen molar-refractivity contribution < 1.29 is 5.11 Å². The molecule has 33 heavy (non-hydrogen) atoms. The Morgan fingerprint density at radius 1 is 1.39 bits per heavy atom. The Kier molecular flexibility index (Phi) is 5.57. The number of rotatable bonds is 8. The molecule has 0 aliphatic carbocycles. The molecule has 0 spiro atoms. The standard InChI is InChI=1S/C21H23N9OS2/c1-3-20(2,31)33-29-12-21(13-29,5-6-22)30-11-14(8-25-30)17-18-16(4-7-32-18)27-19(28-17)26-15-9-23-24-10-15/h4,7-11,31H,3,5,12-13H2,1-2H3,(H,23,24)(H,26,27,28). The van der Waals surface area contributed by atoms with Gasteiger partial charge in [-0.1, -0.05) is 6.92 Å². The molecule has 0 radical (unpaired) electrons. The first kappa shape index (κ1) is 21.8. The van der Waals surface area contributed by atoms with Crippen LogP contribution in [0, 0.1) is 11.3 Å². The predicted molar refractivity (Wildman–Crippen MR) is 129 cm³/mol. The lowest BCUT2D eigenvalue weighted by Crippen LogP contribution is -2.61. The lowest BCUT2D eigenvalue weighted by Gasteiger charge is -2.49. The molecule has 5 heterocycles. The fourth-order valence-corrected chi connectivity index (χ4v) is 5.91. The number of nitrogens with one attached hydrogen (secondary N) is 2. The molecule has 0 saturated carbocycles. The maximum Gasteiger partial charge on any atom is 0.228 e. The van der Waals surface area contributed by atoms with E-state index in [2.05, 4.69) is 36.0 Å². The van der Waals surface area contributed by atoms with Crippen LogP contribution in [0.5, 0.6) is 0 Å². The Bertz CT molecular complexity index is 1300. The maximum absolute atomic E-state index is 10.4. The number of aromatic nitrogens is 6. The van der Waals surface area contributed by atoms with Crippen molar-refractivity contribution in [2.24, 2.45) is 0 Å². The normalized spacial score (nSPS) is 17.4. The molecule has 1 saturated heterocycles. The van der Waals surface area contributed by atoms with Gasteiger partial charge in [0.25, 0.3) is 0 Å². The van der Waals surface area contributed by atoms with Crippen molar-refractivity contribution in [3.63, 3.8) is 0 Å². The summed E-state index contributed by atoms with van der Waals surface area (Å²) in [6, 6.07) is 4.28. The summed E-state index contributed by atoms with van der Waals surface area (Å²) in [6.07, 6.45) is 8.14. The molecule has 4 aromatic heterocycles. The number of anilines is 2. The van der Waals surface area contributed by atoms with E-state index in [-0.39, 0.29) is 0 Å². The van der Waals surface area contributed by atoms with Crippen molar-refractivity contribution >= 4 is 45.1 Å². The van der Waals surface area contributed by atoms with Gasteiger partial charge in [-0.3, -0.25) is 9.78 Å². The van der Waals surface area contributed by atoms with E-state index in [0.29, 0.717) is 31.9 Å². The minimum atomic E-state index is -0.821. The number of H-pyrrole nitrogens is 1. The molecule has 3 N–H and O–H groups in total. The molecule has 1 aliphatic heterocycles. The van der Waals surface area contributed by atoms with Crippen LogP contribution in [0.2, 0.25) is 0 Å². The van der Waals surface area contributed by atoms with Crippen molar-refractivity contribution in [1.29, 1.82) is 5.26 Å². The summed E-state index contributed by atoms with van der Waals surface area (Å²) in [5.74, 6) is 0.477. The van der Waals surface area contributed by atoms with Gasteiger partial charge < -0.3 is 10.4 Å². The van der Waals surface area contributed by atoms with Gasteiger partial charge in [0.05, 0.1) is 46.5 Å². The molecule has 1 unspecified atom stereocenters. The average molecular weight is 482 g/mol. The summed E-state index contributed by atoms with van der Waals surface area (Å²) in [5, 5.41) is 36.4. The van der Waals surface area contributed by atoms with Gasteiger partial charge in [0.15, 0.2) is 0 Å². The van der Waals surface area contributed by atoms with Gasteiger partial charge in [-0.15, -0.1) is 11.3 Å². The molecule has 5 rings (SSSR count). The molecule has 0 bridgehead atoms. The van der Waals surface area contributed by atoms with E-state index in [1.54, 1.807) is 29.9 Å². The van der Waals surface area contributed by atoms with E-state index in [9.17, 15) is 10.4 Å². The Morgan fingerprint density at radius 3 is 2.97 bits per heavy atom. The summed E-state index contributed by atoms with van der Waals surface area (Å²) in [4.78, 5) is 8.54. The first-order valence-electron chi connectivity index (χ1n) is 10.5. The van der Waals surface area contributed by atoms with Gasteiger partial charge >= 0.3 is 0 Å². The van der Waals surface area contributed by atoms with Crippen LogP contribution in [0.15, 0.2) is 36.2 Å². The third kappa shape index (κ3) is 4.20. The Balaban J connectivity index is 1.44. The highest BCUT2D eigenvalue weighted by Gasteiger charge is 2.47. The van der Waals surface area contributed by atoms with Crippen LogP contribution in [0.4, 0.5) is 11.6 Å². The largest absolute Gasteiger partial charge is 0.379 e. The van der Waals surface area contributed by atoms with Crippen molar-refractivity contribution in [1.82, 2.24) is 34.3 Å². The van der Waals surface area contributed by atoms with Crippen LogP contribution in [-0.4, -0.2) is 57.4 Å². The molecule has 170 valence electrons. The van der Waals surface area contributed by atoms with Crippen LogP contribution in [0.3, 0.4) is 0 Å². The van der Waals surface area contributed by atoms with Crippen LogP contribution in [-0.2, 0) is 5.54 Å². The zero-order valence-electron chi connectivity index (χ0n) is 18.2. The Morgan fingerprint density at radius 2 is 2.24 bits per heavy atom. The van der Waals surface area contributed by atoms with Crippen molar-refractivity contribution in [3.05, 3.63) is 36.2 Å². The molecule has 10 nitrogen and oxygen atoms in total. The molecule has 0 aromatic carbocycles. The van der Waals surface area contributed by atoms with Crippen LogP contribution in [0.1, 0.15) is 26.7 Å². The quantitative estimate of drug-likeness (QED) is 0.254. The van der Waals surface area contributed by atoms with E-state index in [4.69, 9.17) is 4.98 Å². The van der Waals surface area contributed by atoms with Crippen LogP contribution >= 0.6 is 23.3 Å².